The van der Waals surface area contributed by atoms with Crippen LogP contribution in [0.5, 0.6) is 0 Å². The van der Waals surface area contributed by atoms with Crippen LogP contribution in [-0.2, 0) is 4.79 Å². The van der Waals surface area contributed by atoms with Crippen LogP contribution in [0.25, 0.3) is 11.3 Å². The molecule has 0 saturated carbocycles. The van der Waals surface area contributed by atoms with Gasteiger partial charge in [0.15, 0.2) is 5.65 Å². The quantitative estimate of drug-likeness (QED) is 0.729. The highest BCUT2D eigenvalue weighted by atomic mass is 16.2. The van der Waals surface area contributed by atoms with Gasteiger partial charge in [-0.1, -0.05) is 36.4 Å². The predicted molar refractivity (Wildman–Crippen MR) is 111 cm³/mol. The van der Waals surface area contributed by atoms with Crippen molar-refractivity contribution >= 4 is 28.8 Å². The van der Waals surface area contributed by atoms with Gasteiger partial charge in [0.2, 0.25) is 0 Å². The zero-order valence-corrected chi connectivity index (χ0v) is 16.0. The molecule has 8 heteroatoms. The van der Waals surface area contributed by atoms with E-state index in [2.05, 4.69) is 25.5 Å². The molecule has 5 rings (SSSR count). The number of hydrogen-bond acceptors (Lipinski definition) is 5. The number of nitrogens with zero attached hydrogens (tertiary/aromatic N) is 5. The van der Waals surface area contributed by atoms with Crippen LogP contribution >= 0.6 is 0 Å². The van der Waals surface area contributed by atoms with Crippen molar-refractivity contribution in [3.63, 3.8) is 0 Å². The third-order valence-corrected chi connectivity index (χ3v) is 4.93. The Kier molecular flexibility index (Phi) is 4.17. The highest BCUT2D eigenvalue weighted by molar-refractivity contribution is 6.03. The number of hydrogen-bond donors (Lipinski definition) is 1. The number of anilines is 1. The lowest BCUT2D eigenvalue weighted by Gasteiger charge is -2.19. The number of allylic oxidation sites excluding steroid dienone is 3. The fourth-order valence-electron chi connectivity index (χ4n) is 3.44. The molecule has 0 saturated heterocycles. The van der Waals surface area contributed by atoms with E-state index in [0.717, 1.165) is 16.8 Å². The summed E-state index contributed by atoms with van der Waals surface area (Å²) >= 11 is 0. The summed E-state index contributed by atoms with van der Waals surface area (Å²) in [6.07, 6.45) is 12.5. The van der Waals surface area contributed by atoms with Crippen molar-refractivity contribution in [2.75, 3.05) is 5.32 Å². The Labute approximate surface area is 171 Å². The number of aromatic nitrogens is 3. The summed E-state index contributed by atoms with van der Waals surface area (Å²) < 4.78 is 1.77. The molecule has 2 amide bonds. The molecule has 146 valence electrons. The SMILES string of the molecule is Cc1cn2cc(C(=O)Nc3ccc(C4=C5C=CC=CC5C(=O)N=N4)cc3)nc2cn1. The minimum atomic E-state index is -0.393. The lowest BCUT2D eigenvalue weighted by molar-refractivity contribution is -0.119. The summed E-state index contributed by atoms with van der Waals surface area (Å²) in [6, 6.07) is 7.25. The molecule has 30 heavy (non-hydrogen) atoms. The van der Waals surface area contributed by atoms with Crippen molar-refractivity contribution in [3.05, 3.63) is 89.7 Å². The zero-order valence-electron chi connectivity index (χ0n) is 16.0. The van der Waals surface area contributed by atoms with Crippen LogP contribution in [0.1, 0.15) is 21.7 Å². The molecule has 3 heterocycles. The van der Waals surface area contributed by atoms with E-state index in [1.54, 1.807) is 28.9 Å². The first-order valence-corrected chi connectivity index (χ1v) is 9.36. The van der Waals surface area contributed by atoms with E-state index in [0.29, 0.717) is 22.7 Å². The van der Waals surface area contributed by atoms with E-state index < -0.39 is 5.92 Å². The van der Waals surface area contributed by atoms with Crippen molar-refractivity contribution in [3.8, 4) is 0 Å². The smallest absolute Gasteiger partial charge is 0.276 e. The summed E-state index contributed by atoms with van der Waals surface area (Å²) in [6.45, 7) is 1.88. The number of rotatable bonds is 3. The third kappa shape index (κ3) is 3.14. The van der Waals surface area contributed by atoms with Crippen LogP contribution in [0.2, 0.25) is 0 Å². The highest BCUT2D eigenvalue weighted by Gasteiger charge is 2.27. The Balaban J connectivity index is 1.38. The molecular formula is C22H16N6O2. The summed E-state index contributed by atoms with van der Waals surface area (Å²) in [5, 5.41) is 10.7. The highest BCUT2D eigenvalue weighted by Crippen LogP contribution is 2.34. The average molecular weight is 396 g/mol. The van der Waals surface area contributed by atoms with E-state index in [1.807, 2.05) is 49.6 Å². The van der Waals surface area contributed by atoms with Gasteiger partial charge < -0.3 is 9.72 Å². The number of azo groups is 1. The van der Waals surface area contributed by atoms with E-state index >= 15 is 0 Å². The molecule has 8 nitrogen and oxygen atoms in total. The van der Waals surface area contributed by atoms with Crippen LogP contribution in [-0.4, -0.2) is 26.2 Å². The van der Waals surface area contributed by atoms with Gasteiger partial charge in [0, 0.05) is 23.6 Å². The van der Waals surface area contributed by atoms with Crippen molar-refractivity contribution < 1.29 is 9.59 Å². The maximum absolute atomic E-state index is 12.6. The average Bonchev–Trinajstić information content (AvgIpc) is 3.18. The molecule has 1 aliphatic heterocycles. The predicted octanol–water partition coefficient (Wildman–Crippen LogP) is 3.74. The molecule has 3 aromatic rings. The van der Waals surface area contributed by atoms with E-state index in [-0.39, 0.29) is 11.8 Å². The topological polar surface area (TPSA) is 101 Å². The van der Waals surface area contributed by atoms with Crippen molar-refractivity contribution in [2.24, 2.45) is 16.1 Å². The van der Waals surface area contributed by atoms with Crippen LogP contribution in [0.3, 0.4) is 0 Å². The van der Waals surface area contributed by atoms with Crippen molar-refractivity contribution in [1.82, 2.24) is 14.4 Å². The van der Waals surface area contributed by atoms with E-state index in [4.69, 9.17) is 0 Å². The second-order valence-electron chi connectivity index (χ2n) is 7.02. The van der Waals surface area contributed by atoms with Gasteiger partial charge in [0.05, 0.1) is 23.5 Å². The fraction of sp³-hybridized carbons (Fsp3) is 0.0909. The molecule has 0 fully saturated rings. The second-order valence-corrected chi connectivity index (χ2v) is 7.02. The number of fused-ring (bicyclic) bond motifs is 2. The van der Waals surface area contributed by atoms with Gasteiger partial charge in [-0.25, -0.2) is 4.98 Å². The number of aryl methyl sites for hydroxylation is 1. The van der Waals surface area contributed by atoms with Crippen LogP contribution in [0.15, 0.2) is 83.0 Å². The Morgan fingerprint density at radius 3 is 2.77 bits per heavy atom. The van der Waals surface area contributed by atoms with Crippen molar-refractivity contribution in [2.45, 2.75) is 6.92 Å². The number of imidazole rings is 1. The largest absolute Gasteiger partial charge is 0.321 e. The monoisotopic (exact) mass is 396 g/mol. The number of carbonyl (C=O) groups is 2. The van der Waals surface area contributed by atoms with Gasteiger partial charge in [-0.3, -0.25) is 14.6 Å². The van der Waals surface area contributed by atoms with Gasteiger partial charge >= 0.3 is 0 Å². The minimum absolute atomic E-state index is 0.268. The van der Waals surface area contributed by atoms with E-state index in [9.17, 15) is 9.59 Å². The van der Waals surface area contributed by atoms with Crippen molar-refractivity contribution in [1.29, 1.82) is 0 Å². The summed E-state index contributed by atoms with van der Waals surface area (Å²) in [7, 11) is 0. The molecule has 2 aliphatic rings. The first kappa shape index (κ1) is 17.9. The number of amides is 2. The molecule has 1 aromatic carbocycles. The standard InChI is InChI=1S/C22H16N6O2/c1-13-11-28-12-18(25-19(28)10-23-13)22(30)24-15-8-6-14(7-9-15)20-16-4-2-3-5-17(16)21(29)27-26-20/h2-12,17H,1H3,(H,24,30). The van der Waals surface area contributed by atoms with Gasteiger partial charge in [0.1, 0.15) is 5.69 Å². The summed E-state index contributed by atoms with van der Waals surface area (Å²) in [4.78, 5) is 33.0. The Morgan fingerprint density at radius 2 is 1.93 bits per heavy atom. The van der Waals surface area contributed by atoms with Crippen LogP contribution < -0.4 is 5.32 Å². The first-order chi connectivity index (χ1) is 14.6. The molecule has 1 unspecified atom stereocenters. The maximum Gasteiger partial charge on any atom is 0.276 e. The van der Waals surface area contributed by atoms with Gasteiger partial charge in [-0.2, -0.15) is 0 Å². The Morgan fingerprint density at radius 1 is 1.10 bits per heavy atom. The molecule has 1 aliphatic carbocycles. The van der Waals surface area contributed by atoms with E-state index in [1.165, 1.54) is 0 Å². The van der Waals surface area contributed by atoms with Gasteiger partial charge in [-0.05, 0) is 24.6 Å². The number of nitrogens with one attached hydrogen (secondary N) is 1. The molecule has 2 aromatic heterocycles. The maximum atomic E-state index is 12.6. The normalized spacial score (nSPS) is 17.5. The van der Waals surface area contributed by atoms with Crippen LogP contribution in [0, 0.1) is 12.8 Å². The fourth-order valence-corrected chi connectivity index (χ4v) is 3.44. The summed E-state index contributed by atoms with van der Waals surface area (Å²) in [5.74, 6) is -0.972. The van der Waals surface area contributed by atoms with Gasteiger partial charge in [-0.15, -0.1) is 10.2 Å². The molecule has 0 spiro atoms. The first-order valence-electron chi connectivity index (χ1n) is 9.36. The summed E-state index contributed by atoms with van der Waals surface area (Å²) in [5.41, 5.74) is 4.67. The molecular weight excluding hydrogens is 380 g/mol. The molecule has 1 N–H and O–H groups in total. The minimum Gasteiger partial charge on any atom is -0.321 e. The number of benzene rings is 1. The second kappa shape index (κ2) is 7.00. The Bertz CT molecular complexity index is 1310. The lowest BCUT2D eigenvalue weighted by atomic mass is 9.89. The Hall–Kier alpha value is -4.20. The molecule has 0 radical (unpaired) electrons. The lowest BCUT2D eigenvalue weighted by Crippen LogP contribution is -2.17. The number of carbonyl (C=O) groups excluding carboxylic acids is 2. The van der Waals surface area contributed by atoms with Crippen LogP contribution in [0.4, 0.5) is 5.69 Å². The zero-order chi connectivity index (χ0) is 20.7. The molecule has 1 atom stereocenters. The van der Waals surface area contributed by atoms with Gasteiger partial charge in [0.25, 0.3) is 11.8 Å². The third-order valence-electron chi connectivity index (χ3n) is 4.93. The molecule has 0 bridgehead atoms.